The molecule has 0 aromatic carbocycles. The maximum absolute atomic E-state index is 10.4. The number of anilines is 1. The fourth-order valence-corrected chi connectivity index (χ4v) is 1.91. The smallest absolute Gasteiger partial charge is 0.328 e. The number of carbonyl (C=O) groups is 1. The van der Waals surface area contributed by atoms with E-state index in [2.05, 4.69) is 28.7 Å². The molecule has 1 fully saturated rings. The molecule has 0 radical (unpaired) electrons. The average molecular weight is 261 g/mol. The molecule has 1 heterocycles. The second-order valence-corrected chi connectivity index (χ2v) is 5.27. The Morgan fingerprint density at radius 1 is 1.47 bits per heavy atom. The quantitative estimate of drug-likeness (QED) is 0.795. The molecule has 5 heteroatoms. The molecule has 0 saturated heterocycles. The number of hydrogen-bond donors (Lipinski definition) is 1. The van der Waals surface area contributed by atoms with E-state index in [0.29, 0.717) is 17.5 Å². The van der Waals surface area contributed by atoms with E-state index in [4.69, 9.17) is 5.11 Å². The molecule has 1 aliphatic rings. The van der Waals surface area contributed by atoms with Gasteiger partial charge in [-0.2, -0.15) is 0 Å². The van der Waals surface area contributed by atoms with Gasteiger partial charge in [0.2, 0.25) is 5.95 Å². The van der Waals surface area contributed by atoms with Crippen LogP contribution in [0.2, 0.25) is 0 Å². The lowest BCUT2D eigenvalue weighted by Gasteiger charge is -2.24. The lowest BCUT2D eigenvalue weighted by molar-refractivity contribution is -0.131. The molecule has 1 N–H and O–H groups in total. The third kappa shape index (κ3) is 4.05. The molecule has 0 spiro atoms. The first-order valence-electron chi connectivity index (χ1n) is 6.56. The standard InChI is InChI=1S/C14H19N3O2/c1-10(2)9-17(12-4-5-12)14-15-7-11(8-16-14)3-6-13(18)19/h3,6-8,10,12H,4-5,9H2,1-2H3,(H,18,19)/b6-3+. The highest BCUT2D eigenvalue weighted by Crippen LogP contribution is 2.30. The molecule has 102 valence electrons. The van der Waals surface area contributed by atoms with Crippen molar-refractivity contribution >= 4 is 18.0 Å². The SMILES string of the molecule is CC(C)CN(c1ncc(/C=C/C(=O)O)cn1)C1CC1. The summed E-state index contributed by atoms with van der Waals surface area (Å²) in [5.74, 6) is 0.336. The molecule has 1 aliphatic carbocycles. The highest BCUT2D eigenvalue weighted by Gasteiger charge is 2.30. The van der Waals surface area contributed by atoms with Gasteiger partial charge in [0.25, 0.3) is 0 Å². The van der Waals surface area contributed by atoms with Gasteiger partial charge in [-0.05, 0) is 24.8 Å². The maximum Gasteiger partial charge on any atom is 0.328 e. The lowest BCUT2D eigenvalue weighted by atomic mass is 10.2. The highest BCUT2D eigenvalue weighted by atomic mass is 16.4. The number of rotatable bonds is 6. The number of aromatic nitrogens is 2. The summed E-state index contributed by atoms with van der Waals surface area (Å²) in [6, 6.07) is 0.572. The topological polar surface area (TPSA) is 66.3 Å². The fourth-order valence-electron chi connectivity index (χ4n) is 1.91. The minimum Gasteiger partial charge on any atom is -0.478 e. The number of nitrogens with zero attached hydrogens (tertiary/aromatic N) is 3. The zero-order chi connectivity index (χ0) is 13.8. The number of carboxylic acids is 1. The van der Waals surface area contributed by atoms with Crippen molar-refractivity contribution < 1.29 is 9.90 Å². The van der Waals surface area contributed by atoms with Crippen molar-refractivity contribution in [3.8, 4) is 0 Å². The van der Waals surface area contributed by atoms with Crippen molar-refractivity contribution in [1.29, 1.82) is 0 Å². The molecule has 0 unspecified atom stereocenters. The number of hydrogen-bond acceptors (Lipinski definition) is 4. The Kier molecular flexibility index (Phi) is 4.14. The van der Waals surface area contributed by atoms with Crippen molar-refractivity contribution in [2.75, 3.05) is 11.4 Å². The Bertz CT molecular complexity index is 464. The summed E-state index contributed by atoms with van der Waals surface area (Å²) in [6.07, 6.45) is 8.32. The van der Waals surface area contributed by atoms with Crippen molar-refractivity contribution in [2.45, 2.75) is 32.7 Å². The molecule has 1 aromatic rings. The van der Waals surface area contributed by atoms with Gasteiger partial charge in [0.1, 0.15) is 0 Å². The second kappa shape index (κ2) is 5.82. The van der Waals surface area contributed by atoms with Gasteiger partial charge in [-0.3, -0.25) is 0 Å². The highest BCUT2D eigenvalue weighted by molar-refractivity contribution is 5.85. The van der Waals surface area contributed by atoms with Crippen LogP contribution >= 0.6 is 0 Å². The van der Waals surface area contributed by atoms with Crippen LogP contribution in [0.1, 0.15) is 32.3 Å². The van der Waals surface area contributed by atoms with Crippen molar-refractivity contribution in [3.05, 3.63) is 24.0 Å². The van der Waals surface area contributed by atoms with Gasteiger partial charge >= 0.3 is 5.97 Å². The molecule has 5 nitrogen and oxygen atoms in total. The Balaban J connectivity index is 2.09. The van der Waals surface area contributed by atoms with E-state index in [0.717, 1.165) is 18.6 Å². The summed E-state index contributed by atoms with van der Waals surface area (Å²) in [5.41, 5.74) is 0.700. The largest absolute Gasteiger partial charge is 0.478 e. The fraction of sp³-hybridized carbons (Fsp3) is 0.500. The van der Waals surface area contributed by atoms with Crippen LogP contribution in [0.25, 0.3) is 6.08 Å². The van der Waals surface area contributed by atoms with Crippen LogP contribution in [0.5, 0.6) is 0 Å². The van der Waals surface area contributed by atoms with Crippen molar-refractivity contribution in [1.82, 2.24) is 9.97 Å². The van der Waals surface area contributed by atoms with Crippen molar-refractivity contribution in [3.63, 3.8) is 0 Å². The van der Waals surface area contributed by atoms with E-state index in [1.54, 1.807) is 12.4 Å². The van der Waals surface area contributed by atoms with Crippen LogP contribution in [-0.2, 0) is 4.79 Å². The van der Waals surface area contributed by atoms with E-state index >= 15 is 0 Å². The van der Waals surface area contributed by atoms with E-state index < -0.39 is 5.97 Å². The predicted molar refractivity (Wildman–Crippen MR) is 73.9 cm³/mol. The Labute approximate surface area is 113 Å². The summed E-state index contributed by atoms with van der Waals surface area (Å²) in [6.45, 7) is 5.31. The average Bonchev–Trinajstić information content (AvgIpc) is 3.18. The van der Waals surface area contributed by atoms with Gasteiger partial charge in [0, 0.05) is 36.6 Å². The summed E-state index contributed by atoms with van der Waals surface area (Å²) < 4.78 is 0. The van der Waals surface area contributed by atoms with Gasteiger partial charge in [0.15, 0.2) is 0 Å². The first kappa shape index (κ1) is 13.5. The van der Waals surface area contributed by atoms with Gasteiger partial charge in [-0.15, -0.1) is 0 Å². The predicted octanol–water partition coefficient (Wildman–Crippen LogP) is 2.20. The normalized spacial score (nSPS) is 15.1. The van der Waals surface area contributed by atoms with Crippen LogP contribution in [0.4, 0.5) is 5.95 Å². The van der Waals surface area contributed by atoms with Crippen LogP contribution < -0.4 is 4.90 Å². The number of carboxylic acid groups (broad SMARTS) is 1. The molecule has 2 rings (SSSR count). The van der Waals surface area contributed by atoms with Crippen molar-refractivity contribution in [2.24, 2.45) is 5.92 Å². The van der Waals surface area contributed by atoms with Crippen LogP contribution in [0.3, 0.4) is 0 Å². The molecule has 0 bridgehead atoms. The van der Waals surface area contributed by atoms with Gasteiger partial charge in [-0.25, -0.2) is 14.8 Å². The Morgan fingerprint density at radius 2 is 2.11 bits per heavy atom. The van der Waals surface area contributed by atoms with Gasteiger partial charge in [-0.1, -0.05) is 13.8 Å². The summed E-state index contributed by atoms with van der Waals surface area (Å²) in [4.78, 5) is 21.4. The monoisotopic (exact) mass is 261 g/mol. The minimum atomic E-state index is -0.969. The van der Waals surface area contributed by atoms with E-state index in [-0.39, 0.29) is 0 Å². The lowest BCUT2D eigenvalue weighted by Crippen LogP contribution is -2.31. The van der Waals surface area contributed by atoms with Gasteiger partial charge < -0.3 is 10.0 Å². The van der Waals surface area contributed by atoms with E-state index in [1.807, 2.05) is 0 Å². The molecule has 1 aromatic heterocycles. The zero-order valence-electron chi connectivity index (χ0n) is 11.3. The molecule has 19 heavy (non-hydrogen) atoms. The third-order valence-corrected chi connectivity index (χ3v) is 2.88. The minimum absolute atomic E-state index is 0.566. The van der Waals surface area contributed by atoms with Crippen LogP contribution in [0.15, 0.2) is 18.5 Å². The molecular weight excluding hydrogens is 242 g/mol. The first-order valence-corrected chi connectivity index (χ1v) is 6.56. The molecule has 0 aliphatic heterocycles. The molecule has 0 atom stereocenters. The first-order chi connectivity index (χ1) is 9.06. The zero-order valence-corrected chi connectivity index (χ0v) is 11.3. The van der Waals surface area contributed by atoms with E-state index in [9.17, 15) is 4.79 Å². The summed E-state index contributed by atoms with van der Waals surface area (Å²) in [5, 5.41) is 8.56. The summed E-state index contributed by atoms with van der Waals surface area (Å²) >= 11 is 0. The van der Waals surface area contributed by atoms with Gasteiger partial charge in [0.05, 0.1) is 0 Å². The number of aliphatic carboxylic acids is 1. The van der Waals surface area contributed by atoms with Crippen LogP contribution in [-0.4, -0.2) is 33.6 Å². The Hall–Kier alpha value is -1.91. The third-order valence-electron chi connectivity index (χ3n) is 2.88. The molecule has 0 amide bonds. The maximum atomic E-state index is 10.4. The summed E-state index contributed by atoms with van der Waals surface area (Å²) in [7, 11) is 0. The van der Waals surface area contributed by atoms with E-state index in [1.165, 1.54) is 18.9 Å². The second-order valence-electron chi connectivity index (χ2n) is 5.27. The molecule has 1 saturated carbocycles. The Morgan fingerprint density at radius 3 is 2.58 bits per heavy atom. The van der Waals surface area contributed by atoms with Crippen LogP contribution in [0, 0.1) is 5.92 Å². The molecular formula is C14H19N3O2.